The molecule has 0 atom stereocenters. The molecular formula is H15Al5. The minimum absolute atomic E-state index is 0. The van der Waals surface area contributed by atoms with Crippen molar-refractivity contribution >= 4 is 86.8 Å². The molecule has 0 rings (SSSR count). The summed E-state index contributed by atoms with van der Waals surface area (Å²) in [5.74, 6) is 0. The first kappa shape index (κ1) is 48.0. The molecule has 0 fully saturated rings. The molecule has 0 bridgehead atoms. The van der Waals surface area contributed by atoms with Gasteiger partial charge in [0, 0.05) is 0 Å². The van der Waals surface area contributed by atoms with E-state index in [0.29, 0.717) is 0 Å². The summed E-state index contributed by atoms with van der Waals surface area (Å²) < 4.78 is 0. The third-order valence-corrected chi connectivity index (χ3v) is 0. The van der Waals surface area contributed by atoms with Crippen molar-refractivity contribution in [2.24, 2.45) is 0 Å². The zero-order chi connectivity index (χ0) is 0. The highest BCUT2D eigenvalue weighted by Crippen LogP contribution is -0.377. The van der Waals surface area contributed by atoms with Crippen LogP contribution in [0.15, 0.2) is 0 Å². The maximum atomic E-state index is 0. The van der Waals surface area contributed by atoms with E-state index in [9.17, 15) is 0 Å². The predicted octanol–water partition coefficient (Wildman–Crippen LogP) is -5.92. The molecule has 5 heavy (non-hydrogen) atoms. The van der Waals surface area contributed by atoms with Crippen molar-refractivity contribution < 1.29 is 0 Å². The van der Waals surface area contributed by atoms with E-state index in [1.807, 2.05) is 0 Å². The van der Waals surface area contributed by atoms with Crippen LogP contribution in [0.4, 0.5) is 0 Å². The largest absolute Gasteiger partial charge is 0.187 e. The van der Waals surface area contributed by atoms with Crippen LogP contribution in [-0.4, -0.2) is 86.8 Å². The van der Waals surface area contributed by atoms with Gasteiger partial charge in [0.1, 0.15) is 0 Å². The molecule has 0 aliphatic rings. The second-order valence-electron chi connectivity index (χ2n) is 0. The van der Waals surface area contributed by atoms with Crippen molar-refractivity contribution in [3.05, 3.63) is 0 Å². The molecule has 0 aliphatic carbocycles. The Balaban J connectivity index is 0. The van der Waals surface area contributed by atoms with Gasteiger partial charge in [0.15, 0.2) is 86.8 Å². The molecule has 0 heterocycles. The molecule has 0 radical (unpaired) electrons. The summed E-state index contributed by atoms with van der Waals surface area (Å²) in [6.07, 6.45) is 0. The van der Waals surface area contributed by atoms with E-state index in [1.54, 1.807) is 0 Å². The lowest BCUT2D eigenvalue weighted by molar-refractivity contribution is 5.75. The van der Waals surface area contributed by atoms with Crippen LogP contribution in [0, 0.1) is 0 Å². The minimum atomic E-state index is 0. The lowest BCUT2D eigenvalue weighted by Crippen LogP contribution is -0.382. The van der Waals surface area contributed by atoms with Gasteiger partial charge in [-0.3, -0.25) is 0 Å². The van der Waals surface area contributed by atoms with Crippen LogP contribution >= 0.6 is 0 Å². The smallest absolute Gasteiger partial charge is 0.187 e. The third kappa shape index (κ3) is 20.4. The molecule has 0 N–H and O–H groups in total. The molecule has 0 aromatic rings. The van der Waals surface area contributed by atoms with Gasteiger partial charge in [-0.2, -0.15) is 0 Å². The first-order valence-corrected chi connectivity index (χ1v) is 0. The van der Waals surface area contributed by atoms with E-state index in [-0.39, 0.29) is 86.8 Å². The molecule has 0 spiro atoms. The highest BCUT2D eigenvalue weighted by molar-refractivity contribution is 5.76. The lowest BCUT2D eigenvalue weighted by Gasteiger charge is 0.186. The van der Waals surface area contributed by atoms with E-state index >= 15 is 0 Å². The molecule has 0 unspecified atom stereocenters. The Kier molecular flexibility index (Phi) is 289. The highest BCUT2D eigenvalue weighted by Gasteiger charge is 0.191. The zero-order valence-electron chi connectivity index (χ0n) is 0. The number of hydrogen-bond acceptors (Lipinski definition) is 0. The molecule has 30 valence electrons. The van der Waals surface area contributed by atoms with Crippen molar-refractivity contribution in [3.63, 3.8) is 0 Å². The number of rotatable bonds is 0. The topological polar surface area (TPSA) is 0 Å². The van der Waals surface area contributed by atoms with E-state index in [2.05, 4.69) is 0 Å². The van der Waals surface area contributed by atoms with Crippen LogP contribution in [0.25, 0.3) is 0 Å². The van der Waals surface area contributed by atoms with Crippen molar-refractivity contribution in [1.82, 2.24) is 0 Å². The van der Waals surface area contributed by atoms with Gasteiger partial charge >= 0.3 is 0 Å². The maximum Gasteiger partial charge on any atom is 0.187 e. The number of hydrogen-bond donors (Lipinski definition) is 0. The average molecular weight is 150 g/mol. The molecule has 0 amide bonds. The fraction of sp³-hybridized carbons (Fsp3) is 0. The van der Waals surface area contributed by atoms with E-state index in [0.717, 1.165) is 0 Å². The summed E-state index contributed by atoms with van der Waals surface area (Å²) in [5, 5.41) is 0. The van der Waals surface area contributed by atoms with Crippen LogP contribution in [-0.2, 0) is 0 Å². The Labute approximate surface area is 85.7 Å². The minimum Gasteiger partial charge on any atom is 0.187 e. The Bertz CT molecular complexity index is 0. The van der Waals surface area contributed by atoms with Crippen LogP contribution < -0.4 is 0 Å². The van der Waals surface area contributed by atoms with Gasteiger partial charge in [-0.25, -0.2) is 0 Å². The van der Waals surface area contributed by atoms with Gasteiger partial charge in [0.05, 0.1) is 0 Å². The van der Waals surface area contributed by atoms with Gasteiger partial charge < -0.3 is 0 Å². The highest BCUT2D eigenvalue weighted by atomic mass is 27.0. The Hall–Kier alpha value is 2.66. The standard InChI is InChI=1S/5Al.15H. The molecular weight excluding hydrogens is 135 g/mol. The van der Waals surface area contributed by atoms with Crippen LogP contribution in [0.2, 0.25) is 0 Å². The van der Waals surface area contributed by atoms with E-state index in [1.165, 1.54) is 0 Å². The average Bonchev–Trinajstić information content (AvgIpc) is 0. The fourth-order valence-corrected chi connectivity index (χ4v) is 0. The lowest BCUT2D eigenvalue weighted by atomic mass is 27.0. The van der Waals surface area contributed by atoms with Crippen molar-refractivity contribution in [3.8, 4) is 0 Å². The van der Waals surface area contributed by atoms with Crippen molar-refractivity contribution in [2.75, 3.05) is 0 Å². The van der Waals surface area contributed by atoms with Gasteiger partial charge in [-0.15, -0.1) is 0 Å². The summed E-state index contributed by atoms with van der Waals surface area (Å²) in [5.41, 5.74) is 0. The summed E-state index contributed by atoms with van der Waals surface area (Å²) >= 11 is 0. The van der Waals surface area contributed by atoms with Gasteiger partial charge in [-0.1, -0.05) is 0 Å². The summed E-state index contributed by atoms with van der Waals surface area (Å²) in [6, 6.07) is 0. The first-order valence-electron chi connectivity index (χ1n) is 0. The predicted molar refractivity (Wildman–Crippen MR) is 49.7 cm³/mol. The Morgan fingerprint density at radius 1 is 0.200 bits per heavy atom. The maximum absolute atomic E-state index is 0. The molecule has 0 saturated heterocycles. The molecule has 0 aliphatic heterocycles. The van der Waals surface area contributed by atoms with Gasteiger partial charge in [0.25, 0.3) is 0 Å². The molecule has 5 heteroatoms. The molecule has 0 nitrogen and oxygen atoms in total. The third-order valence-electron chi connectivity index (χ3n) is 0. The van der Waals surface area contributed by atoms with Crippen LogP contribution in [0.1, 0.15) is 0 Å². The normalized spacial score (nSPS) is 0. The van der Waals surface area contributed by atoms with Crippen molar-refractivity contribution in [2.45, 2.75) is 0 Å². The monoisotopic (exact) mass is 150 g/mol. The summed E-state index contributed by atoms with van der Waals surface area (Å²) in [6.45, 7) is 0. The summed E-state index contributed by atoms with van der Waals surface area (Å²) in [7, 11) is 0. The second kappa shape index (κ2) is 30.1. The first-order chi connectivity index (χ1) is 0. The molecule has 0 aromatic heterocycles. The fourth-order valence-electron chi connectivity index (χ4n) is 0. The zero-order valence-corrected chi connectivity index (χ0v) is 0. The van der Waals surface area contributed by atoms with Crippen molar-refractivity contribution in [1.29, 1.82) is 0 Å². The Morgan fingerprint density at radius 2 is 0.200 bits per heavy atom. The van der Waals surface area contributed by atoms with E-state index in [4.69, 9.17) is 0 Å². The summed E-state index contributed by atoms with van der Waals surface area (Å²) in [4.78, 5) is 0. The van der Waals surface area contributed by atoms with Crippen LogP contribution in [0.5, 0.6) is 0 Å². The quantitative estimate of drug-likeness (QED) is 0.302. The van der Waals surface area contributed by atoms with Crippen LogP contribution in [0.3, 0.4) is 0 Å². The molecule has 0 saturated carbocycles. The van der Waals surface area contributed by atoms with E-state index < -0.39 is 0 Å². The van der Waals surface area contributed by atoms with Gasteiger partial charge in [0.2, 0.25) is 0 Å². The molecule has 0 aromatic carbocycles. The SMILES string of the molecule is [AlH3].[AlH3].[AlH3].[AlH3].[AlH3]. The second-order valence-corrected chi connectivity index (χ2v) is 0. The Morgan fingerprint density at radius 3 is 0.200 bits per heavy atom. The van der Waals surface area contributed by atoms with Gasteiger partial charge in [-0.05, 0) is 0 Å².